The summed E-state index contributed by atoms with van der Waals surface area (Å²) in [6, 6.07) is 7.58. The van der Waals surface area contributed by atoms with Gasteiger partial charge < -0.3 is 4.90 Å². The van der Waals surface area contributed by atoms with Gasteiger partial charge in [-0.15, -0.1) is 0 Å². The first kappa shape index (κ1) is 12.5. The minimum Gasteiger partial charge on any atom is -0.367 e. The Bertz CT molecular complexity index is 385. The zero-order valence-electron chi connectivity index (χ0n) is 11.8. The van der Waals surface area contributed by atoms with Gasteiger partial charge in [-0.25, -0.2) is 0 Å². The lowest BCUT2D eigenvalue weighted by atomic mass is 9.91. The van der Waals surface area contributed by atoms with Crippen molar-refractivity contribution in [3.63, 3.8) is 0 Å². The van der Waals surface area contributed by atoms with E-state index in [0.717, 1.165) is 0 Å². The van der Waals surface area contributed by atoms with E-state index in [1.165, 1.54) is 29.8 Å². The van der Waals surface area contributed by atoms with E-state index in [1.807, 2.05) is 0 Å². The lowest BCUT2D eigenvalue weighted by Gasteiger charge is -2.36. The Kier molecular flexibility index (Phi) is 3.46. The highest BCUT2D eigenvalue weighted by Gasteiger charge is 2.29. The minimum absolute atomic E-state index is 0.666. The SMILES string of the molecule is Cc1ccc2c(c1)CCN2C(C(C)C)C(C)C. The van der Waals surface area contributed by atoms with E-state index < -0.39 is 0 Å². The van der Waals surface area contributed by atoms with Crippen molar-refractivity contribution in [3.05, 3.63) is 29.3 Å². The Hall–Kier alpha value is -0.980. The normalized spacial score (nSPS) is 15.2. The van der Waals surface area contributed by atoms with Crippen LogP contribution in [0.5, 0.6) is 0 Å². The predicted molar refractivity (Wildman–Crippen MR) is 75.7 cm³/mol. The predicted octanol–water partition coefficient (Wildman–Crippen LogP) is 4.04. The van der Waals surface area contributed by atoms with E-state index >= 15 is 0 Å². The van der Waals surface area contributed by atoms with E-state index in [4.69, 9.17) is 0 Å². The second-order valence-corrected chi connectivity index (χ2v) is 6.05. The summed E-state index contributed by atoms with van der Waals surface area (Å²) in [5.41, 5.74) is 4.40. The highest BCUT2D eigenvalue weighted by molar-refractivity contribution is 5.59. The lowest BCUT2D eigenvalue weighted by molar-refractivity contribution is 0.364. The van der Waals surface area contributed by atoms with Crippen LogP contribution in [-0.2, 0) is 6.42 Å². The average molecular weight is 231 g/mol. The molecule has 1 nitrogen and oxygen atoms in total. The molecule has 0 aliphatic carbocycles. The van der Waals surface area contributed by atoms with E-state index in [2.05, 4.69) is 57.7 Å². The van der Waals surface area contributed by atoms with Crippen molar-refractivity contribution in [1.29, 1.82) is 0 Å². The molecule has 0 amide bonds. The molecule has 2 rings (SSSR count). The molecule has 0 spiro atoms. The van der Waals surface area contributed by atoms with E-state index in [1.54, 1.807) is 0 Å². The van der Waals surface area contributed by atoms with Gasteiger partial charge in [-0.1, -0.05) is 45.4 Å². The van der Waals surface area contributed by atoms with Crippen LogP contribution in [0.2, 0.25) is 0 Å². The molecule has 0 bridgehead atoms. The van der Waals surface area contributed by atoms with Gasteiger partial charge in [0, 0.05) is 18.3 Å². The first-order valence-corrected chi connectivity index (χ1v) is 6.87. The number of rotatable bonds is 3. The van der Waals surface area contributed by atoms with E-state index in [9.17, 15) is 0 Å². The number of nitrogens with zero attached hydrogens (tertiary/aromatic N) is 1. The molecule has 1 aromatic carbocycles. The summed E-state index contributed by atoms with van der Waals surface area (Å²) < 4.78 is 0. The molecule has 1 heteroatoms. The van der Waals surface area contributed by atoms with Crippen LogP contribution in [0, 0.1) is 18.8 Å². The van der Waals surface area contributed by atoms with Crippen molar-refractivity contribution in [2.75, 3.05) is 11.4 Å². The zero-order chi connectivity index (χ0) is 12.6. The average Bonchev–Trinajstić information content (AvgIpc) is 2.60. The Labute approximate surface area is 106 Å². The maximum absolute atomic E-state index is 2.63. The van der Waals surface area contributed by atoms with Crippen LogP contribution in [0.1, 0.15) is 38.8 Å². The standard InChI is InChI=1S/C16H25N/c1-11(2)16(12(3)4)17-9-8-14-10-13(5)6-7-15(14)17/h6-7,10-12,16H,8-9H2,1-5H3. The molecule has 0 atom stereocenters. The fraction of sp³-hybridized carbons (Fsp3) is 0.625. The van der Waals surface area contributed by atoms with Gasteiger partial charge >= 0.3 is 0 Å². The number of hydrogen-bond acceptors (Lipinski definition) is 1. The first-order valence-electron chi connectivity index (χ1n) is 6.87. The highest BCUT2D eigenvalue weighted by atomic mass is 15.2. The van der Waals surface area contributed by atoms with Gasteiger partial charge in [-0.2, -0.15) is 0 Å². The topological polar surface area (TPSA) is 3.24 Å². The van der Waals surface area contributed by atoms with Crippen molar-refractivity contribution < 1.29 is 0 Å². The molecule has 0 aromatic heterocycles. The van der Waals surface area contributed by atoms with Crippen molar-refractivity contribution >= 4 is 5.69 Å². The third-order valence-electron chi connectivity index (χ3n) is 3.89. The molecule has 0 radical (unpaired) electrons. The molecule has 0 saturated carbocycles. The Morgan fingerprint density at radius 1 is 1.06 bits per heavy atom. The number of anilines is 1. The number of fused-ring (bicyclic) bond motifs is 1. The molecule has 0 fully saturated rings. The second-order valence-electron chi connectivity index (χ2n) is 6.05. The van der Waals surface area contributed by atoms with Gasteiger partial charge in [-0.05, 0) is 36.8 Å². The fourth-order valence-corrected chi connectivity index (χ4v) is 3.36. The summed E-state index contributed by atoms with van der Waals surface area (Å²) in [4.78, 5) is 2.63. The third-order valence-corrected chi connectivity index (χ3v) is 3.89. The Morgan fingerprint density at radius 2 is 1.71 bits per heavy atom. The van der Waals surface area contributed by atoms with Gasteiger partial charge in [0.25, 0.3) is 0 Å². The summed E-state index contributed by atoms with van der Waals surface area (Å²) in [6.45, 7) is 12.8. The van der Waals surface area contributed by atoms with Crippen LogP contribution in [0.25, 0.3) is 0 Å². The third kappa shape index (κ3) is 2.34. The van der Waals surface area contributed by atoms with Crippen molar-refractivity contribution in [2.45, 2.75) is 47.1 Å². The van der Waals surface area contributed by atoms with Crippen molar-refractivity contribution in [3.8, 4) is 0 Å². The van der Waals surface area contributed by atoms with Gasteiger partial charge in [0.05, 0.1) is 0 Å². The van der Waals surface area contributed by atoms with Gasteiger partial charge in [0.1, 0.15) is 0 Å². The number of hydrogen-bond donors (Lipinski definition) is 0. The Balaban J connectivity index is 2.32. The lowest BCUT2D eigenvalue weighted by Crippen LogP contribution is -2.41. The molecule has 0 unspecified atom stereocenters. The molecule has 0 saturated heterocycles. The van der Waals surface area contributed by atoms with Gasteiger partial charge in [-0.3, -0.25) is 0 Å². The molecule has 1 aliphatic heterocycles. The maximum Gasteiger partial charge on any atom is 0.0402 e. The number of benzene rings is 1. The molecule has 1 aromatic rings. The maximum atomic E-state index is 2.63. The highest BCUT2D eigenvalue weighted by Crippen LogP contribution is 2.34. The molecular weight excluding hydrogens is 206 g/mol. The summed E-state index contributed by atoms with van der Waals surface area (Å²) >= 11 is 0. The van der Waals surface area contributed by atoms with E-state index in [0.29, 0.717) is 17.9 Å². The largest absolute Gasteiger partial charge is 0.367 e. The van der Waals surface area contributed by atoms with E-state index in [-0.39, 0.29) is 0 Å². The van der Waals surface area contributed by atoms with Crippen LogP contribution in [-0.4, -0.2) is 12.6 Å². The monoisotopic (exact) mass is 231 g/mol. The second kappa shape index (κ2) is 4.72. The summed E-state index contributed by atoms with van der Waals surface area (Å²) in [5.74, 6) is 1.42. The van der Waals surface area contributed by atoms with Crippen LogP contribution < -0.4 is 4.90 Å². The molecule has 1 heterocycles. The molecule has 17 heavy (non-hydrogen) atoms. The zero-order valence-corrected chi connectivity index (χ0v) is 11.8. The van der Waals surface area contributed by atoms with Crippen LogP contribution in [0.3, 0.4) is 0 Å². The van der Waals surface area contributed by atoms with Crippen molar-refractivity contribution in [1.82, 2.24) is 0 Å². The Morgan fingerprint density at radius 3 is 2.29 bits per heavy atom. The number of aryl methyl sites for hydroxylation is 1. The molecular formula is C16H25N. The summed E-state index contributed by atoms with van der Waals surface area (Å²) in [7, 11) is 0. The molecule has 1 aliphatic rings. The molecule has 0 N–H and O–H groups in total. The van der Waals surface area contributed by atoms with Gasteiger partial charge in [0.2, 0.25) is 0 Å². The molecule has 94 valence electrons. The van der Waals surface area contributed by atoms with Crippen molar-refractivity contribution in [2.24, 2.45) is 11.8 Å². The summed E-state index contributed by atoms with van der Waals surface area (Å²) in [5, 5.41) is 0. The fourth-order valence-electron chi connectivity index (χ4n) is 3.36. The minimum atomic E-state index is 0.666. The van der Waals surface area contributed by atoms with Crippen LogP contribution in [0.4, 0.5) is 5.69 Å². The summed E-state index contributed by atoms with van der Waals surface area (Å²) in [6.07, 6.45) is 1.22. The van der Waals surface area contributed by atoms with Crippen LogP contribution in [0.15, 0.2) is 18.2 Å². The van der Waals surface area contributed by atoms with Crippen LogP contribution >= 0.6 is 0 Å². The first-order chi connectivity index (χ1) is 8.00. The quantitative estimate of drug-likeness (QED) is 0.759. The smallest absolute Gasteiger partial charge is 0.0402 e. The van der Waals surface area contributed by atoms with Gasteiger partial charge in [0.15, 0.2) is 0 Å².